The predicted molar refractivity (Wildman–Crippen MR) is 110 cm³/mol. The molecule has 26 heavy (non-hydrogen) atoms. The minimum atomic E-state index is -0.401. The molecule has 0 atom stereocenters. The lowest BCUT2D eigenvalue weighted by Crippen LogP contribution is -2.27. The van der Waals surface area contributed by atoms with Gasteiger partial charge >= 0.3 is 0 Å². The van der Waals surface area contributed by atoms with E-state index in [-0.39, 0.29) is 17.8 Å². The van der Waals surface area contributed by atoms with Crippen molar-refractivity contribution in [3.63, 3.8) is 0 Å². The lowest BCUT2D eigenvalue weighted by molar-refractivity contribution is -0.128. The maximum absolute atomic E-state index is 12.2. The standard InChI is InChI=1S/C22H31NO2S/c1-6-22(7-2,20-9-8-12-26-20)17-10-11-18(16(13-17)14-23)25-15-19(24)21(3,4)5/h8-13H,6-7,14-15,23H2,1-5H3. The fourth-order valence-electron chi connectivity index (χ4n) is 3.24. The SMILES string of the molecule is CCC(CC)(c1ccc(OCC(=O)C(C)(C)C)c(CN)c1)c1cccs1. The molecule has 0 aliphatic carbocycles. The van der Waals surface area contributed by atoms with Crippen molar-refractivity contribution in [2.45, 2.75) is 59.4 Å². The molecule has 0 spiro atoms. The smallest absolute Gasteiger partial charge is 0.175 e. The molecular weight excluding hydrogens is 342 g/mol. The molecule has 2 aromatic rings. The lowest BCUT2D eigenvalue weighted by atomic mass is 9.74. The van der Waals surface area contributed by atoms with Gasteiger partial charge in [-0.3, -0.25) is 4.79 Å². The second-order valence-electron chi connectivity index (χ2n) is 7.75. The van der Waals surface area contributed by atoms with Gasteiger partial charge in [-0.1, -0.05) is 46.8 Å². The maximum atomic E-state index is 12.2. The molecule has 0 saturated carbocycles. The van der Waals surface area contributed by atoms with Crippen molar-refractivity contribution in [2.24, 2.45) is 11.1 Å². The van der Waals surface area contributed by atoms with Crippen LogP contribution in [0.15, 0.2) is 35.7 Å². The van der Waals surface area contributed by atoms with E-state index in [2.05, 4.69) is 43.5 Å². The molecule has 0 bridgehead atoms. The van der Waals surface area contributed by atoms with Gasteiger partial charge in [-0.25, -0.2) is 0 Å². The number of hydrogen-bond donors (Lipinski definition) is 1. The van der Waals surface area contributed by atoms with E-state index in [0.29, 0.717) is 12.3 Å². The first kappa shape index (κ1) is 20.7. The quantitative estimate of drug-likeness (QED) is 0.682. The topological polar surface area (TPSA) is 52.3 Å². The number of Topliss-reactive ketones (excluding diaryl/α,β-unsaturated/α-hetero) is 1. The number of benzene rings is 1. The van der Waals surface area contributed by atoms with E-state index in [9.17, 15) is 4.79 Å². The van der Waals surface area contributed by atoms with Crippen LogP contribution in [0.3, 0.4) is 0 Å². The van der Waals surface area contributed by atoms with Crippen LogP contribution in [0.25, 0.3) is 0 Å². The highest BCUT2D eigenvalue weighted by atomic mass is 32.1. The minimum absolute atomic E-state index is 0.00214. The summed E-state index contributed by atoms with van der Waals surface area (Å²) in [6.07, 6.45) is 2.05. The molecule has 2 N–H and O–H groups in total. The summed E-state index contributed by atoms with van der Waals surface area (Å²) in [6, 6.07) is 10.6. The Hall–Kier alpha value is -1.65. The molecule has 1 aromatic carbocycles. The van der Waals surface area contributed by atoms with Gasteiger partial charge in [0.2, 0.25) is 0 Å². The van der Waals surface area contributed by atoms with Gasteiger partial charge in [0.05, 0.1) is 0 Å². The number of hydrogen-bond acceptors (Lipinski definition) is 4. The van der Waals surface area contributed by atoms with E-state index in [1.54, 1.807) is 11.3 Å². The number of ether oxygens (including phenoxy) is 1. The van der Waals surface area contributed by atoms with Crippen molar-refractivity contribution in [2.75, 3.05) is 6.61 Å². The average Bonchev–Trinajstić information content (AvgIpc) is 3.15. The summed E-state index contributed by atoms with van der Waals surface area (Å²) < 4.78 is 5.82. The van der Waals surface area contributed by atoms with E-state index in [4.69, 9.17) is 10.5 Å². The summed E-state index contributed by atoms with van der Waals surface area (Å²) in [7, 11) is 0. The Morgan fingerprint density at radius 1 is 1.15 bits per heavy atom. The molecule has 142 valence electrons. The first-order valence-corrected chi connectivity index (χ1v) is 10.2. The number of rotatable bonds is 8. The second kappa shape index (κ2) is 8.36. The monoisotopic (exact) mass is 373 g/mol. The van der Waals surface area contributed by atoms with Gasteiger partial charge < -0.3 is 10.5 Å². The molecule has 3 nitrogen and oxygen atoms in total. The number of thiophene rings is 1. The second-order valence-corrected chi connectivity index (χ2v) is 8.70. The van der Waals surface area contributed by atoms with Crippen LogP contribution in [-0.2, 0) is 16.8 Å². The summed E-state index contributed by atoms with van der Waals surface area (Å²) >= 11 is 1.80. The van der Waals surface area contributed by atoms with Crippen LogP contribution in [0.1, 0.15) is 63.5 Å². The van der Waals surface area contributed by atoms with Crippen LogP contribution >= 0.6 is 11.3 Å². The predicted octanol–water partition coefficient (Wildman–Crippen LogP) is 5.31. The number of carbonyl (C=O) groups excluding carboxylic acids is 1. The maximum Gasteiger partial charge on any atom is 0.175 e. The first-order chi connectivity index (χ1) is 12.3. The fraction of sp³-hybridized carbons (Fsp3) is 0.500. The summed E-state index contributed by atoms with van der Waals surface area (Å²) in [5.41, 5.74) is 7.81. The van der Waals surface area contributed by atoms with E-state index >= 15 is 0 Å². The van der Waals surface area contributed by atoms with Crippen LogP contribution in [-0.4, -0.2) is 12.4 Å². The van der Waals surface area contributed by atoms with Crippen molar-refractivity contribution in [3.05, 3.63) is 51.7 Å². The molecule has 2 rings (SSSR count). The Balaban J connectivity index is 2.34. The average molecular weight is 374 g/mol. The van der Waals surface area contributed by atoms with E-state index in [1.807, 2.05) is 26.8 Å². The van der Waals surface area contributed by atoms with Crippen LogP contribution in [0.2, 0.25) is 0 Å². The molecule has 1 heterocycles. The Morgan fingerprint density at radius 2 is 1.85 bits per heavy atom. The van der Waals surface area contributed by atoms with Crippen LogP contribution in [0.5, 0.6) is 5.75 Å². The Bertz CT molecular complexity index is 725. The number of nitrogens with two attached hydrogens (primary N) is 1. The fourth-order valence-corrected chi connectivity index (χ4v) is 4.33. The molecule has 0 aliphatic heterocycles. The summed E-state index contributed by atoms with van der Waals surface area (Å²) in [5, 5.41) is 2.13. The van der Waals surface area contributed by atoms with Crippen molar-refractivity contribution >= 4 is 17.1 Å². The minimum Gasteiger partial charge on any atom is -0.485 e. The highest BCUT2D eigenvalue weighted by Crippen LogP contribution is 2.42. The summed E-state index contributed by atoms with van der Waals surface area (Å²) in [5.74, 6) is 0.792. The van der Waals surface area contributed by atoms with Crippen molar-refractivity contribution in [1.29, 1.82) is 0 Å². The van der Waals surface area contributed by atoms with E-state index < -0.39 is 5.41 Å². The molecule has 4 heteroatoms. The Kier molecular flexibility index (Phi) is 6.64. The normalized spacial score (nSPS) is 12.2. The van der Waals surface area contributed by atoms with Gasteiger partial charge in [0.1, 0.15) is 12.4 Å². The largest absolute Gasteiger partial charge is 0.485 e. The van der Waals surface area contributed by atoms with Gasteiger partial charge in [0.15, 0.2) is 5.78 Å². The van der Waals surface area contributed by atoms with Crippen LogP contribution in [0.4, 0.5) is 0 Å². The number of carbonyl (C=O) groups is 1. The molecule has 0 fully saturated rings. The van der Waals surface area contributed by atoms with Crippen molar-refractivity contribution in [3.8, 4) is 5.75 Å². The lowest BCUT2D eigenvalue weighted by Gasteiger charge is -2.32. The zero-order valence-corrected chi connectivity index (χ0v) is 17.4. The molecule has 0 saturated heterocycles. The van der Waals surface area contributed by atoms with Crippen LogP contribution in [0, 0.1) is 5.41 Å². The highest BCUT2D eigenvalue weighted by molar-refractivity contribution is 7.10. The van der Waals surface area contributed by atoms with Gasteiger partial charge in [-0.2, -0.15) is 0 Å². The zero-order valence-electron chi connectivity index (χ0n) is 16.6. The molecule has 0 radical (unpaired) electrons. The van der Waals surface area contributed by atoms with E-state index in [1.165, 1.54) is 10.4 Å². The molecular formula is C22H31NO2S. The molecule has 0 unspecified atom stereocenters. The third-order valence-electron chi connectivity index (χ3n) is 5.23. The first-order valence-electron chi connectivity index (χ1n) is 9.32. The van der Waals surface area contributed by atoms with Gasteiger partial charge in [0.25, 0.3) is 0 Å². The van der Waals surface area contributed by atoms with Gasteiger partial charge in [-0.15, -0.1) is 11.3 Å². The molecule has 1 aromatic heterocycles. The Labute approximate surface area is 161 Å². The van der Waals surface area contributed by atoms with Crippen LogP contribution < -0.4 is 10.5 Å². The Morgan fingerprint density at radius 3 is 2.35 bits per heavy atom. The third kappa shape index (κ3) is 4.18. The molecule has 0 aliphatic rings. The highest BCUT2D eigenvalue weighted by Gasteiger charge is 2.32. The zero-order chi connectivity index (χ0) is 19.4. The number of ketones is 1. The summed E-state index contributed by atoms with van der Waals surface area (Å²) in [4.78, 5) is 13.5. The van der Waals surface area contributed by atoms with E-state index in [0.717, 1.165) is 18.4 Å². The molecule has 0 amide bonds. The van der Waals surface area contributed by atoms with Gasteiger partial charge in [0, 0.05) is 27.8 Å². The van der Waals surface area contributed by atoms with Gasteiger partial charge in [-0.05, 0) is 42.0 Å². The third-order valence-corrected chi connectivity index (χ3v) is 6.30. The van der Waals surface area contributed by atoms with Crippen molar-refractivity contribution < 1.29 is 9.53 Å². The summed E-state index contributed by atoms with van der Waals surface area (Å²) in [6.45, 7) is 10.7. The van der Waals surface area contributed by atoms with Crippen molar-refractivity contribution in [1.82, 2.24) is 0 Å².